The number of hydrogen-bond donors (Lipinski definition) is 1. The Morgan fingerprint density at radius 3 is 2.33 bits per heavy atom. The summed E-state index contributed by atoms with van der Waals surface area (Å²) in [5.41, 5.74) is 9.60. The van der Waals surface area contributed by atoms with Gasteiger partial charge < -0.3 is 20.3 Å². The molecule has 4 aliphatic heterocycles. The molecule has 1 atom stereocenters. The number of carbonyl (C=O) groups excluding carboxylic acids is 3. The van der Waals surface area contributed by atoms with E-state index in [0.717, 1.165) is 82.6 Å². The molecule has 42 heavy (non-hydrogen) atoms. The van der Waals surface area contributed by atoms with E-state index >= 15 is 0 Å². The van der Waals surface area contributed by atoms with E-state index in [4.69, 9.17) is 10.5 Å². The second-order valence-corrected chi connectivity index (χ2v) is 13.5. The topological polar surface area (TPSA) is 96.2 Å². The van der Waals surface area contributed by atoms with E-state index in [9.17, 15) is 14.4 Å². The fourth-order valence-corrected chi connectivity index (χ4v) is 7.59. The molecule has 1 spiro atoms. The van der Waals surface area contributed by atoms with E-state index < -0.39 is 11.9 Å². The van der Waals surface area contributed by atoms with Gasteiger partial charge in [-0.15, -0.1) is 0 Å². The van der Waals surface area contributed by atoms with E-state index in [2.05, 4.69) is 36.9 Å². The zero-order valence-corrected chi connectivity index (χ0v) is 25.1. The van der Waals surface area contributed by atoms with Crippen LogP contribution in [-0.2, 0) is 29.0 Å². The Hall–Kier alpha value is -3.39. The molecule has 8 heteroatoms. The summed E-state index contributed by atoms with van der Waals surface area (Å²) in [6, 6.07) is 13.4. The molecule has 0 aliphatic carbocycles. The van der Waals surface area contributed by atoms with Crippen LogP contribution in [0.4, 0.5) is 0 Å². The number of hydrogen-bond acceptors (Lipinski definition) is 5. The maximum Gasteiger partial charge on any atom is 0.254 e. The molecule has 3 fully saturated rings. The first-order valence-corrected chi connectivity index (χ1v) is 15.6. The van der Waals surface area contributed by atoms with Gasteiger partial charge in [-0.1, -0.05) is 36.4 Å². The van der Waals surface area contributed by atoms with Crippen LogP contribution < -0.4 is 10.5 Å². The summed E-state index contributed by atoms with van der Waals surface area (Å²) in [5.74, 6) is 0.487. The zero-order chi connectivity index (χ0) is 29.5. The van der Waals surface area contributed by atoms with E-state index in [1.54, 1.807) is 4.90 Å². The van der Waals surface area contributed by atoms with Crippen LogP contribution in [0.1, 0.15) is 79.4 Å². The van der Waals surface area contributed by atoms with Gasteiger partial charge in [0.15, 0.2) is 0 Å². The number of para-hydroxylation sites is 1. The number of fused-ring (bicyclic) bond motifs is 1. The van der Waals surface area contributed by atoms with Crippen LogP contribution in [0, 0.1) is 5.41 Å². The molecule has 8 nitrogen and oxygen atoms in total. The second kappa shape index (κ2) is 11.4. The lowest BCUT2D eigenvalue weighted by Crippen LogP contribution is -2.48. The van der Waals surface area contributed by atoms with Crippen LogP contribution in [0.2, 0.25) is 0 Å². The molecule has 224 valence electrons. The predicted molar refractivity (Wildman–Crippen MR) is 161 cm³/mol. The Bertz CT molecular complexity index is 1350. The maximum atomic E-state index is 13.7. The number of rotatable bonds is 6. The molecular formula is C34H44N4O4. The van der Waals surface area contributed by atoms with Crippen LogP contribution in [0.25, 0.3) is 0 Å². The van der Waals surface area contributed by atoms with Gasteiger partial charge in [0.25, 0.3) is 5.91 Å². The highest BCUT2D eigenvalue weighted by Crippen LogP contribution is 2.43. The summed E-state index contributed by atoms with van der Waals surface area (Å²) in [6.07, 6.45) is 6.77. The monoisotopic (exact) mass is 572 g/mol. The highest BCUT2D eigenvalue weighted by atomic mass is 16.5. The molecule has 0 unspecified atom stereocenters. The van der Waals surface area contributed by atoms with Crippen LogP contribution in [0.15, 0.2) is 42.5 Å². The standard InChI is InChI=1S/C34H44N4O4/c1-33(2)22-25-8-5-9-26(30(25)42-33)23-36-17-12-34(13-18-36)14-19-37(20-15-34)32(41)27-10-4-3-7-24(27)21-29(39)38-16-6-11-28(38)31(35)40/h3-5,7-10,28H,6,11-23H2,1-2H3,(H2,35,40)/t28-/m0/s1. The van der Waals surface area contributed by atoms with Gasteiger partial charge in [-0.25, -0.2) is 0 Å². The Morgan fingerprint density at radius 2 is 1.60 bits per heavy atom. The van der Waals surface area contributed by atoms with E-state index in [0.29, 0.717) is 23.9 Å². The highest BCUT2D eigenvalue weighted by Gasteiger charge is 2.40. The lowest BCUT2D eigenvalue weighted by atomic mass is 9.71. The number of ether oxygens (including phenoxy) is 1. The minimum Gasteiger partial charge on any atom is -0.487 e. The molecule has 4 heterocycles. The lowest BCUT2D eigenvalue weighted by Gasteiger charge is -2.47. The molecule has 2 N–H and O–H groups in total. The SMILES string of the molecule is CC1(C)Cc2cccc(CN3CCC4(CC3)CCN(C(=O)c3ccccc3CC(=O)N3CCC[C@H]3C(N)=O)CC4)c2O1. The second-order valence-electron chi connectivity index (χ2n) is 13.5. The van der Waals surface area contributed by atoms with Crippen molar-refractivity contribution in [3.8, 4) is 5.75 Å². The average Bonchev–Trinajstić information content (AvgIpc) is 3.59. The summed E-state index contributed by atoms with van der Waals surface area (Å²) >= 11 is 0. The Balaban J connectivity index is 1.04. The summed E-state index contributed by atoms with van der Waals surface area (Å²) in [5, 5.41) is 0. The molecule has 2 aromatic carbocycles. The Labute approximate surface area is 249 Å². The summed E-state index contributed by atoms with van der Waals surface area (Å²) in [7, 11) is 0. The predicted octanol–water partition coefficient (Wildman–Crippen LogP) is 3.94. The zero-order valence-electron chi connectivity index (χ0n) is 25.1. The minimum absolute atomic E-state index is 0.000540. The van der Waals surface area contributed by atoms with Crippen molar-refractivity contribution in [3.05, 3.63) is 64.7 Å². The first kappa shape index (κ1) is 28.7. The van der Waals surface area contributed by atoms with E-state index in [1.807, 2.05) is 29.2 Å². The minimum atomic E-state index is -0.543. The number of amides is 3. The molecule has 0 aromatic heterocycles. The van der Waals surface area contributed by atoms with Gasteiger partial charge in [0.1, 0.15) is 17.4 Å². The largest absolute Gasteiger partial charge is 0.487 e. The molecule has 0 radical (unpaired) electrons. The number of likely N-dealkylation sites (tertiary alicyclic amines) is 3. The van der Waals surface area contributed by atoms with Gasteiger partial charge in [0.05, 0.1) is 6.42 Å². The third-order valence-corrected chi connectivity index (χ3v) is 10.1. The average molecular weight is 573 g/mol. The van der Waals surface area contributed by atoms with Gasteiger partial charge in [-0.2, -0.15) is 0 Å². The Morgan fingerprint density at radius 1 is 0.905 bits per heavy atom. The van der Waals surface area contributed by atoms with Crippen molar-refractivity contribution in [1.29, 1.82) is 0 Å². The van der Waals surface area contributed by atoms with Crippen molar-refractivity contribution in [2.24, 2.45) is 11.1 Å². The number of carbonyl (C=O) groups is 3. The Kier molecular flexibility index (Phi) is 7.77. The number of primary amides is 1. The van der Waals surface area contributed by atoms with E-state index in [-0.39, 0.29) is 23.8 Å². The molecule has 4 aliphatic rings. The first-order valence-electron chi connectivity index (χ1n) is 15.6. The van der Waals surface area contributed by atoms with Crippen LogP contribution >= 0.6 is 0 Å². The number of nitrogens with zero attached hydrogens (tertiary/aromatic N) is 3. The third-order valence-electron chi connectivity index (χ3n) is 10.1. The third kappa shape index (κ3) is 5.78. The number of benzene rings is 2. The van der Waals surface area contributed by atoms with Crippen molar-refractivity contribution in [3.63, 3.8) is 0 Å². The van der Waals surface area contributed by atoms with Gasteiger partial charge in [-0.3, -0.25) is 19.3 Å². The van der Waals surface area contributed by atoms with Crippen molar-refractivity contribution < 1.29 is 19.1 Å². The van der Waals surface area contributed by atoms with Crippen LogP contribution in [0.5, 0.6) is 5.75 Å². The fourth-order valence-electron chi connectivity index (χ4n) is 7.59. The lowest BCUT2D eigenvalue weighted by molar-refractivity contribution is -0.136. The van der Waals surface area contributed by atoms with Crippen LogP contribution in [0.3, 0.4) is 0 Å². The van der Waals surface area contributed by atoms with Crippen molar-refractivity contribution in [2.45, 2.75) is 83.4 Å². The molecule has 3 amide bonds. The van der Waals surface area contributed by atoms with Gasteiger partial charge in [-0.05, 0) is 88.1 Å². The van der Waals surface area contributed by atoms with Crippen LogP contribution in [-0.4, -0.2) is 76.8 Å². The number of nitrogens with two attached hydrogens (primary N) is 1. The molecule has 3 saturated heterocycles. The number of piperidine rings is 2. The quantitative estimate of drug-likeness (QED) is 0.566. The van der Waals surface area contributed by atoms with E-state index in [1.165, 1.54) is 11.1 Å². The fraction of sp³-hybridized carbons (Fsp3) is 0.559. The molecule has 2 aromatic rings. The summed E-state index contributed by atoms with van der Waals surface area (Å²) in [6.45, 7) is 9.39. The molecular weight excluding hydrogens is 528 g/mol. The smallest absolute Gasteiger partial charge is 0.254 e. The van der Waals surface area contributed by atoms with Crippen molar-refractivity contribution in [1.82, 2.24) is 14.7 Å². The molecule has 0 saturated carbocycles. The summed E-state index contributed by atoms with van der Waals surface area (Å²) in [4.78, 5) is 44.7. The molecule has 0 bridgehead atoms. The normalized spacial score (nSPS) is 23.0. The van der Waals surface area contributed by atoms with Gasteiger partial charge >= 0.3 is 0 Å². The maximum absolute atomic E-state index is 13.7. The molecule has 6 rings (SSSR count). The van der Waals surface area contributed by atoms with Crippen molar-refractivity contribution in [2.75, 3.05) is 32.7 Å². The van der Waals surface area contributed by atoms with Gasteiger partial charge in [0.2, 0.25) is 11.8 Å². The van der Waals surface area contributed by atoms with Gasteiger partial charge in [0, 0.05) is 43.7 Å². The first-order chi connectivity index (χ1) is 20.1. The van der Waals surface area contributed by atoms with Crippen molar-refractivity contribution >= 4 is 17.7 Å². The highest BCUT2D eigenvalue weighted by molar-refractivity contribution is 5.97. The summed E-state index contributed by atoms with van der Waals surface area (Å²) < 4.78 is 6.31.